The largest absolute Gasteiger partial charge is 0.474 e. The number of piperidine rings is 1. The minimum absolute atomic E-state index is 0.0600. The van der Waals surface area contributed by atoms with Crippen LogP contribution in [0.1, 0.15) is 30.9 Å². The molecular formula is C25H35N5O4. The number of ether oxygens (including phenoxy) is 1. The number of aliphatic hydroxyl groups excluding tert-OH is 1. The summed E-state index contributed by atoms with van der Waals surface area (Å²) in [6.45, 7) is 8.55. The van der Waals surface area contributed by atoms with E-state index >= 15 is 0 Å². The van der Waals surface area contributed by atoms with E-state index in [0.717, 1.165) is 19.5 Å². The Labute approximate surface area is 201 Å². The number of likely N-dealkylation sites (tertiary alicyclic amines) is 1. The molecule has 0 spiro atoms. The molecule has 2 aliphatic rings. The molecule has 1 fully saturated rings. The van der Waals surface area contributed by atoms with Crippen molar-refractivity contribution in [1.82, 2.24) is 15.1 Å². The number of hydrogen-bond donors (Lipinski definition) is 2. The van der Waals surface area contributed by atoms with Crippen LogP contribution >= 0.6 is 0 Å². The van der Waals surface area contributed by atoms with Crippen LogP contribution in [0.3, 0.4) is 0 Å². The van der Waals surface area contributed by atoms with Gasteiger partial charge in [-0.05, 0) is 24.3 Å². The van der Waals surface area contributed by atoms with Gasteiger partial charge in [-0.2, -0.15) is 0 Å². The molecule has 3 rings (SSSR count). The number of benzene rings is 1. The van der Waals surface area contributed by atoms with Crippen LogP contribution in [0.4, 0.5) is 0 Å². The Morgan fingerprint density at radius 3 is 2.62 bits per heavy atom. The molecule has 34 heavy (non-hydrogen) atoms. The molecular weight excluding hydrogens is 434 g/mol. The van der Waals surface area contributed by atoms with Crippen LogP contribution in [-0.4, -0.2) is 91.3 Å². The van der Waals surface area contributed by atoms with Gasteiger partial charge in [-0.3, -0.25) is 24.5 Å². The predicted octanol–water partition coefficient (Wildman–Crippen LogP) is 1.16. The first kappa shape index (κ1) is 25.6. The lowest BCUT2D eigenvalue weighted by molar-refractivity contribution is -0.130. The van der Waals surface area contributed by atoms with Crippen molar-refractivity contribution in [2.45, 2.75) is 44.9 Å². The Morgan fingerprint density at radius 1 is 1.26 bits per heavy atom. The van der Waals surface area contributed by atoms with Gasteiger partial charge in [0.05, 0.1) is 6.10 Å². The van der Waals surface area contributed by atoms with Crippen LogP contribution < -0.4 is 5.32 Å². The Bertz CT molecular complexity index is 937. The summed E-state index contributed by atoms with van der Waals surface area (Å²) in [5, 5.41) is 13.2. The summed E-state index contributed by atoms with van der Waals surface area (Å²) < 4.78 is 5.92. The third-order valence-corrected chi connectivity index (χ3v) is 6.24. The van der Waals surface area contributed by atoms with Crippen LogP contribution in [0.25, 0.3) is 0 Å². The molecule has 0 bridgehead atoms. The van der Waals surface area contributed by atoms with Crippen molar-refractivity contribution >= 4 is 24.4 Å². The Morgan fingerprint density at radius 2 is 1.97 bits per heavy atom. The van der Waals surface area contributed by atoms with Crippen LogP contribution in [-0.2, 0) is 27.3 Å². The number of rotatable bonds is 8. The van der Waals surface area contributed by atoms with E-state index in [0.29, 0.717) is 32.5 Å². The number of amides is 2. The second kappa shape index (κ2) is 12.4. The molecule has 0 aliphatic carbocycles. The highest BCUT2D eigenvalue weighted by atomic mass is 16.5. The summed E-state index contributed by atoms with van der Waals surface area (Å²) in [4.78, 5) is 36.0. The molecule has 1 saturated heterocycles. The highest BCUT2D eigenvalue weighted by molar-refractivity contribution is 6.01. The summed E-state index contributed by atoms with van der Waals surface area (Å²) in [6.07, 6.45) is 3.01. The average Bonchev–Trinajstić information content (AvgIpc) is 2.85. The smallest absolute Gasteiger partial charge is 0.270 e. The SMILES string of the molecule is C=N/C(=C\C(=NC)OC1CCN(C(C)=O)CC1)C(=O)NC[C@H](O)CN1CCc2ccccc2C1. The molecule has 0 saturated carbocycles. The molecule has 0 unspecified atom stereocenters. The number of carbonyl (C=O) groups is 2. The van der Waals surface area contributed by atoms with Crippen molar-refractivity contribution < 1.29 is 19.4 Å². The maximum Gasteiger partial charge on any atom is 0.270 e. The van der Waals surface area contributed by atoms with Gasteiger partial charge in [0, 0.05) is 72.2 Å². The number of aliphatic imine (C=N–C) groups is 2. The van der Waals surface area contributed by atoms with Gasteiger partial charge in [-0.25, -0.2) is 0 Å². The molecule has 1 atom stereocenters. The number of carbonyl (C=O) groups excluding carboxylic acids is 2. The first-order valence-corrected chi connectivity index (χ1v) is 11.7. The maximum absolute atomic E-state index is 12.6. The average molecular weight is 470 g/mol. The van der Waals surface area contributed by atoms with E-state index in [9.17, 15) is 14.7 Å². The van der Waals surface area contributed by atoms with Crippen LogP contribution in [0.15, 0.2) is 46.0 Å². The van der Waals surface area contributed by atoms with Gasteiger partial charge in [-0.15, -0.1) is 0 Å². The zero-order valence-corrected chi connectivity index (χ0v) is 20.1. The first-order chi connectivity index (χ1) is 16.4. The predicted molar refractivity (Wildman–Crippen MR) is 132 cm³/mol. The normalized spacial score (nSPS) is 18.7. The van der Waals surface area contributed by atoms with E-state index in [2.05, 4.69) is 45.1 Å². The fourth-order valence-corrected chi connectivity index (χ4v) is 4.28. The summed E-state index contributed by atoms with van der Waals surface area (Å²) in [5.74, 6) is -0.106. The van der Waals surface area contributed by atoms with Crippen LogP contribution in [0.5, 0.6) is 0 Å². The van der Waals surface area contributed by atoms with Crippen molar-refractivity contribution in [2.75, 3.05) is 39.8 Å². The Balaban J connectivity index is 1.46. The third kappa shape index (κ3) is 7.23. The molecule has 2 aliphatic heterocycles. The minimum atomic E-state index is -0.706. The zero-order chi connectivity index (χ0) is 24.5. The molecule has 1 aromatic carbocycles. The monoisotopic (exact) mass is 469 g/mol. The highest BCUT2D eigenvalue weighted by Crippen LogP contribution is 2.18. The van der Waals surface area contributed by atoms with E-state index in [1.54, 1.807) is 18.9 Å². The van der Waals surface area contributed by atoms with E-state index in [-0.39, 0.29) is 30.2 Å². The van der Waals surface area contributed by atoms with E-state index in [1.807, 2.05) is 6.07 Å². The molecule has 0 radical (unpaired) electrons. The van der Waals surface area contributed by atoms with Crippen molar-refractivity contribution in [3.05, 3.63) is 47.2 Å². The van der Waals surface area contributed by atoms with Crippen molar-refractivity contribution in [1.29, 1.82) is 0 Å². The number of aliphatic hydroxyl groups is 1. The van der Waals surface area contributed by atoms with E-state index < -0.39 is 12.0 Å². The van der Waals surface area contributed by atoms with Gasteiger partial charge >= 0.3 is 0 Å². The van der Waals surface area contributed by atoms with E-state index in [1.165, 1.54) is 17.2 Å². The molecule has 9 heteroatoms. The Hall–Kier alpha value is -3.04. The lowest BCUT2D eigenvalue weighted by Gasteiger charge is -2.31. The lowest BCUT2D eigenvalue weighted by Crippen LogP contribution is -2.42. The molecule has 9 nitrogen and oxygen atoms in total. The van der Waals surface area contributed by atoms with Gasteiger partial charge in [0.1, 0.15) is 11.8 Å². The van der Waals surface area contributed by atoms with Gasteiger partial charge in [-0.1, -0.05) is 24.3 Å². The third-order valence-electron chi connectivity index (χ3n) is 6.24. The number of nitrogens with one attached hydrogen (secondary N) is 1. The topological polar surface area (TPSA) is 107 Å². The summed E-state index contributed by atoms with van der Waals surface area (Å²) >= 11 is 0. The number of fused-ring (bicyclic) bond motifs is 1. The zero-order valence-electron chi connectivity index (χ0n) is 20.1. The van der Waals surface area contributed by atoms with Gasteiger partial charge in [0.15, 0.2) is 0 Å². The van der Waals surface area contributed by atoms with Crippen molar-refractivity contribution in [3.8, 4) is 0 Å². The van der Waals surface area contributed by atoms with E-state index in [4.69, 9.17) is 4.74 Å². The number of β-amino-alcohol motifs (C(OH)–C–C–N with tert-alkyl or cyclic N) is 1. The summed E-state index contributed by atoms with van der Waals surface area (Å²) in [7, 11) is 1.58. The van der Waals surface area contributed by atoms with Crippen LogP contribution in [0.2, 0.25) is 0 Å². The lowest BCUT2D eigenvalue weighted by atomic mass is 10.00. The van der Waals surface area contributed by atoms with Crippen molar-refractivity contribution in [2.24, 2.45) is 9.98 Å². The second-order valence-electron chi connectivity index (χ2n) is 8.69. The summed E-state index contributed by atoms with van der Waals surface area (Å²) in [6, 6.07) is 8.34. The maximum atomic E-state index is 12.6. The fraction of sp³-hybridized carbons (Fsp3) is 0.520. The molecule has 0 aromatic heterocycles. The highest BCUT2D eigenvalue weighted by Gasteiger charge is 2.23. The van der Waals surface area contributed by atoms with Crippen molar-refractivity contribution in [3.63, 3.8) is 0 Å². The van der Waals surface area contributed by atoms with Crippen LogP contribution in [0, 0.1) is 0 Å². The van der Waals surface area contributed by atoms with Gasteiger partial charge in [0.25, 0.3) is 5.91 Å². The molecule has 1 aromatic rings. The minimum Gasteiger partial charge on any atom is -0.474 e. The molecule has 2 heterocycles. The molecule has 184 valence electrons. The standard InChI is InChI=1S/C25H35N5O4/c1-18(31)30-12-9-22(10-13-30)34-24(27-3)14-23(26-2)25(33)28-15-21(32)17-29-11-8-19-6-4-5-7-20(19)16-29/h4-7,14,21-22,32H,2,8-13,15-17H2,1,3H3,(H,28,33)/b23-14-,27-24?/t21-/m0/s1. The van der Waals surface area contributed by atoms with Gasteiger partial charge < -0.3 is 20.1 Å². The number of hydrogen-bond acceptors (Lipinski definition) is 7. The fourth-order valence-electron chi connectivity index (χ4n) is 4.28. The number of nitrogens with zero attached hydrogens (tertiary/aromatic N) is 4. The van der Waals surface area contributed by atoms with Gasteiger partial charge in [0.2, 0.25) is 11.8 Å². The molecule has 2 amide bonds. The second-order valence-corrected chi connectivity index (χ2v) is 8.69. The quantitative estimate of drug-likeness (QED) is 0.338. The Kier molecular flexibility index (Phi) is 9.35. The summed E-state index contributed by atoms with van der Waals surface area (Å²) in [5.41, 5.74) is 2.71. The molecule has 2 N–H and O–H groups in total. The first-order valence-electron chi connectivity index (χ1n) is 11.7.